The highest BCUT2D eigenvalue weighted by molar-refractivity contribution is 6.32. The number of aliphatic hydroxyl groups is 1. The topological polar surface area (TPSA) is 62.5 Å². The third-order valence-corrected chi connectivity index (χ3v) is 2.33. The molecule has 2 N–H and O–H groups in total. The zero-order chi connectivity index (χ0) is 11.3. The molecule has 0 bridgehead atoms. The van der Waals surface area contributed by atoms with Gasteiger partial charge in [-0.05, 0) is 37.4 Å². The first kappa shape index (κ1) is 12.1. The summed E-state index contributed by atoms with van der Waals surface area (Å²) in [5, 5.41) is 11.5. The maximum absolute atomic E-state index is 11.6. The number of hydrogen-bond donors (Lipinski definition) is 2. The summed E-state index contributed by atoms with van der Waals surface area (Å²) in [5.74, 6) is -0.251. The maximum atomic E-state index is 11.6. The largest absolute Gasteiger partial charge is 0.452 e. The molecule has 0 aliphatic carbocycles. The van der Waals surface area contributed by atoms with E-state index in [1.807, 2.05) is 6.92 Å². The van der Waals surface area contributed by atoms with Crippen molar-refractivity contribution in [2.24, 2.45) is 0 Å². The Bertz CT molecular complexity index is 324. The summed E-state index contributed by atoms with van der Waals surface area (Å²) in [6, 6.07) is 1.53. The van der Waals surface area contributed by atoms with Gasteiger partial charge < -0.3 is 14.8 Å². The van der Waals surface area contributed by atoms with Crippen LogP contribution in [0, 0.1) is 0 Å². The van der Waals surface area contributed by atoms with Crippen LogP contribution >= 0.6 is 11.6 Å². The van der Waals surface area contributed by atoms with Crippen LogP contribution in [0.1, 0.15) is 30.1 Å². The number of rotatable bonds is 5. The minimum Gasteiger partial charge on any atom is -0.452 e. The van der Waals surface area contributed by atoms with E-state index in [0.717, 1.165) is 6.42 Å². The lowest BCUT2D eigenvalue weighted by Gasteiger charge is -2.12. The fourth-order valence-corrected chi connectivity index (χ4v) is 1.43. The minimum absolute atomic E-state index is 0.00983. The lowest BCUT2D eigenvalue weighted by Crippen LogP contribution is -2.32. The van der Waals surface area contributed by atoms with Crippen LogP contribution in [0.2, 0.25) is 5.22 Å². The highest BCUT2D eigenvalue weighted by atomic mass is 35.5. The van der Waals surface area contributed by atoms with Crippen molar-refractivity contribution in [2.45, 2.75) is 25.8 Å². The highest BCUT2D eigenvalue weighted by Crippen LogP contribution is 2.16. The normalized spacial score (nSPS) is 12.5. The third kappa shape index (κ3) is 3.57. The molecule has 1 rings (SSSR count). The van der Waals surface area contributed by atoms with Crippen LogP contribution < -0.4 is 5.32 Å². The van der Waals surface area contributed by atoms with Gasteiger partial charge in [-0.1, -0.05) is 0 Å². The van der Waals surface area contributed by atoms with Crippen molar-refractivity contribution < 1.29 is 14.3 Å². The van der Waals surface area contributed by atoms with Crippen LogP contribution in [0.4, 0.5) is 0 Å². The summed E-state index contributed by atoms with van der Waals surface area (Å²) < 4.78 is 4.81. The Hall–Kier alpha value is -1.00. The second-order valence-electron chi connectivity index (χ2n) is 3.35. The Morgan fingerprint density at radius 3 is 3.00 bits per heavy atom. The smallest absolute Gasteiger partial charge is 0.256 e. The lowest BCUT2D eigenvalue weighted by atomic mass is 10.2. The molecule has 0 aliphatic heterocycles. The van der Waals surface area contributed by atoms with Crippen molar-refractivity contribution in [1.29, 1.82) is 0 Å². The molecule has 0 saturated carbocycles. The SMILES string of the molecule is CC(CCCO)NC(=O)c1ccoc1Cl. The van der Waals surface area contributed by atoms with Gasteiger partial charge >= 0.3 is 0 Å². The monoisotopic (exact) mass is 231 g/mol. The van der Waals surface area contributed by atoms with Crippen molar-refractivity contribution in [2.75, 3.05) is 6.61 Å². The van der Waals surface area contributed by atoms with E-state index in [1.165, 1.54) is 12.3 Å². The third-order valence-electron chi connectivity index (χ3n) is 2.04. The Morgan fingerprint density at radius 2 is 2.47 bits per heavy atom. The van der Waals surface area contributed by atoms with Gasteiger partial charge in [0.05, 0.1) is 11.8 Å². The molecule has 5 heteroatoms. The van der Waals surface area contributed by atoms with E-state index in [4.69, 9.17) is 21.1 Å². The van der Waals surface area contributed by atoms with Crippen LogP contribution in [0.3, 0.4) is 0 Å². The number of aliphatic hydroxyl groups excluding tert-OH is 1. The molecule has 1 heterocycles. The molecule has 1 aromatic rings. The first-order chi connectivity index (χ1) is 7.15. The fraction of sp³-hybridized carbons (Fsp3) is 0.500. The predicted molar refractivity (Wildman–Crippen MR) is 57.0 cm³/mol. The highest BCUT2D eigenvalue weighted by Gasteiger charge is 2.14. The number of carbonyl (C=O) groups excluding carboxylic acids is 1. The quantitative estimate of drug-likeness (QED) is 0.813. The average Bonchev–Trinajstić information content (AvgIpc) is 2.61. The molecule has 0 saturated heterocycles. The van der Waals surface area contributed by atoms with Crippen LogP contribution in [0.25, 0.3) is 0 Å². The first-order valence-corrected chi connectivity index (χ1v) is 5.17. The number of hydrogen-bond acceptors (Lipinski definition) is 3. The molecule has 1 amide bonds. The van der Waals surface area contributed by atoms with Crippen molar-refractivity contribution in [3.63, 3.8) is 0 Å². The van der Waals surface area contributed by atoms with Gasteiger partial charge in [-0.25, -0.2) is 0 Å². The molecular weight excluding hydrogens is 218 g/mol. The van der Waals surface area contributed by atoms with Crippen LogP contribution in [-0.4, -0.2) is 23.7 Å². The number of amides is 1. The molecule has 84 valence electrons. The molecule has 0 radical (unpaired) electrons. The van der Waals surface area contributed by atoms with Gasteiger partial charge in [-0.3, -0.25) is 4.79 Å². The van der Waals surface area contributed by atoms with Gasteiger partial charge in [-0.15, -0.1) is 0 Å². The average molecular weight is 232 g/mol. The van der Waals surface area contributed by atoms with E-state index >= 15 is 0 Å². The molecule has 0 aliphatic rings. The number of carbonyl (C=O) groups is 1. The zero-order valence-corrected chi connectivity index (χ0v) is 9.25. The second kappa shape index (κ2) is 5.78. The molecule has 1 aromatic heterocycles. The Balaban J connectivity index is 2.46. The molecular formula is C10H14ClNO3. The molecule has 1 unspecified atom stereocenters. The molecule has 0 fully saturated rings. The van der Waals surface area contributed by atoms with Gasteiger partial charge in [0.25, 0.3) is 5.91 Å². The summed E-state index contributed by atoms with van der Waals surface area (Å²) in [7, 11) is 0. The van der Waals surface area contributed by atoms with E-state index in [1.54, 1.807) is 0 Å². The second-order valence-corrected chi connectivity index (χ2v) is 3.69. The molecule has 15 heavy (non-hydrogen) atoms. The van der Waals surface area contributed by atoms with E-state index in [9.17, 15) is 4.79 Å². The van der Waals surface area contributed by atoms with E-state index in [-0.39, 0.29) is 23.8 Å². The van der Waals surface area contributed by atoms with Crippen LogP contribution in [-0.2, 0) is 0 Å². The standard InChI is InChI=1S/C10H14ClNO3/c1-7(3-2-5-13)12-10(14)8-4-6-15-9(8)11/h4,6-7,13H,2-3,5H2,1H3,(H,12,14). The Labute approximate surface area is 93.2 Å². The maximum Gasteiger partial charge on any atom is 0.256 e. The molecule has 0 spiro atoms. The van der Waals surface area contributed by atoms with Gasteiger partial charge in [0, 0.05) is 12.6 Å². The predicted octanol–water partition coefficient (Wildman–Crippen LogP) is 1.82. The molecule has 4 nitrogen and oxygen atoms in total. The first-order valence-electron chi connectivity index (χ1n) is 4.80. The Morgan fingerprint density at radius 1 is 1.73 bits per heavy atom. The molecule has 1 atom stereocenters. The summed E-state index contributed by atoms with van der Waals surface area (Å²) >= 11 is 5.65. The lowest BCUT2D eigenvalue weighted by molar-refractivity contribution is 0.0936. The Kier molecular flexibility index (Phi) is 4.65. The van der Waals surface area contributed by atoms with Gasteiger partial charge in [0.2, 0.25) is 5.22 Å². The van der Waals surface area contributed by atoms with E-state index in [2.05, 4.69) is 5.32 Å². The van der Waals surface area contributed by atoms with Gasteiger partial charge in [0.1, 0.15) is 0 Å². The van der Waals surface area contributed by atoms with Crippen molar-refractivity contribution in [1.82, 2.24) is 5.32 Å². The number of halogens is 1. The minimum atomic E-state index is -0.251. The van der Waals surface area contributed by atoms with E-state index < -0.39 is 0 Å². The zero-order valence-electron chi connectivity index (χ0n) is 8.50. The summed E-state index contributed by atoms with van der Waals surface area (Å²) in [6.45, 7) is 2.01. The van der Waals surface area contributed by atoms with Gasteiger partial charge in [-0.2, -0.15) is 0 Å². The van der Waals surface area contributed by atoms with Crippen LogP contribution in [0.5, 0.6) is 0 Å². The fourth-order valence-electron chi connectivity index (χ4n) is 1.23. The van der Waals surface area contributed by atoms with Crippen molar-refractivity contribution >= 4 is 17.5 Å². The van der Waals surface area contributed by atoms with Crippen molar-refractivity contribution in [3.8, 4) is 0 Å². The number of furan rings is 1. The summed E-state index contributed by atoms with van der Waals surface area (Å²) in [6.07, 6.45) is 2.77. The summed E-state index contributed by atoms with van der Waals surface area (Å²) in [4.78, 5) is 11.6. The number of nitrogens with one attached hydrogen (secondary N) is 1. The summed E-state index contributed by atoms with van der Waals surface area (Å²) in [5.41, 5.74) is 0.340. The van der Waals surface area contributed by atoms with Gasteiger partial charge in [0.15, 0.2) is 0 Å². The van der Waals surface area contributed by atoms with Crippen LogP contribution in [0.15, 0.2) is 16.7 Å². The molecule has 0 aromatic carbocycles. The van der Waals surface area contributed by atoms with E-state index in [0.29, 0.717) is 12.0 Å². The van der Waals surface area contributed by atoms with Crippen molar-refractivity contribution in [3.05, 3.63) is 23.1 Å².